The first-order chi connectivity index (χ1) is 9.75. The highest BCUT2D eigenvalue weighted by molar-refractivity contribution is 5.85. The molecule has 1 atom stereocenters. The van der Waals surface area contributed by atoms with Crippen molar-refractivity contribution in [1.29, 1.82) is 0 Å². The second kappa shape index (κ2) is 6.61. The van der Waals surface area contributed by atoms with E-state index < -0.39 is 23.7 Å². The number of esters is 1. The Labute approximate surface area is 125 Å². The summed E-state index contributed by atoms with van der Waals surface area (Å²) in [7, 11) is 0. The average Bonchev–Trinajstić information content (AvgIpc) is 2.75. The highest BCUT2D eigenvalue weighted by Crippen LogP contribution is 2.32. The highest BCUT2D eigenvalue weighted by atomic mass is 16.6. The fraction of sp³-hybridized carbons (Fsp3) is 0.500. The lowest BCUT2D eigenvalue weighted by molar-refractivity contribution is -0.148. The Morgan fingerprint density at radius 1 is 1.33 bits per heavy atom. The molecule has 0 bridgehead atoms. The zero-order chi connectivity index (χ0) is 16.2. The number of carbonyl (C=O) groups excluding carboxylic acids is 2. The van der Waals surface area contributed by atoms with Crippen LogP contribution in [0.3, 0.4) is 0 Å². The lowest BCUT2D eigenvalue weighted by Crippen LogP contribution is -2.44. The Kier molecular flexibility index (Phi) is 5.35. The normalized spacial score (nSPS) is 18.5. The number of hydrogen-bond donors (Lipinski definition) is 0. The van der Waals surface area contributed by atoms with Gasteiger partial charge in [0.15, 0.2) is 0 Å². The van der Waals surface area contributed by atoms with Gasteiger partial charge in [-0.25, -0.2) is 9.59 Å². The molecule has 5 nitrogen and oxygen atoms in total. The molecule has 1 rings (SSSR count). The molecule has 21 heavy (non-hydrogen) atoms. The maximum Gasteiger partial charge on any atom is 0.415 e. The van der Waals surface area contributed by atoms with E-state index in [0.717, 1.165) is 5.57 Å². The molecule has 0 aliphatic carbocycles. The van der Waals surface area contributed by atoms with Crippen molar-refractivity contribution in [3.05, 3.63) is 36.6 Å². The summed E-state index contributed by atoms with van der Waals surface area (Å²) in [6, 6.07) is -0.735. The van der Waals surface area contributed by atoms with E-state index in [1.54, 1.807) is 33.8 Å². The first-order valence-electron chi connectivity index (χ1n) is 6.92. The van der Waals surface area contributed by atoms with Crippen molar-refractivity contribution >= 4 is 12.1 Å². The molecule has 0 N–H and O–H groups in total. The molecular formula is C16H23NO4. The summed E-state index contributed by atoms with van der Waals surface area (Å²) in [5.74, 6) is -0.459. The van der Waals surface area contributed by atoms with Crippen LogP contribution in [0.5, 0.6) is 0 Å². The third-order valence-corrected chi connectivity index (χ3v) is 2.90. The number of carbonyl (C=O) groups is 2. The largest absolute Gasteiger partial charge is 0.464 e. The minimum absolute atomic E-state index is 0.254. The minimum atomic E-state index is -0.735. The first kappa shape index (κ1) is 17.0. The van der Waals surface area contributed by atoms with E-state index in [2.05, 4.69) is 13.2 Å². The fourth-order valence-corrected chi connectivity index (χ4v) is 2.11. The van der Waals surface area contributed by atoms with Gasteiger partial charge in [0.2, 0.25) is 0 Å². The molecule has 0 saturated heterocycles. The van der Waals surface area contributed by atoms with Crippen molar-refractivity contribution in [2.24, 2.45) is 0 Å². The van der Waals surface area contributed by atoms with E-state index >= 15 is 0 Å². The summed E-state index contributed by atoms with van der Waals surface area (Å²) in [6.45, 7) is 14.7. The maximum atomic E-state index is 12.4. The van der Waals surface area contributed by atoms with Gasteiger partial charge in [0.1, 0.15) is 11.6 Å². The van der Waals surface area contributed by atoms with Gasteiger partial charge >= 0.3 is 12.1 Å². The molecule has 1 amide bonds. The zero-order valence-electron chi connectivity index (χ0n) is 13.1. The van der Waals surface area contributed by atoms with Gasteiger partial charge in [0, 0.05) is 6.42 Å². The van der Waals surface area contributed by atoms with E-state index in [9.17, 15) is 9.59 Å². The Morgan fingerprint density at radius 3 is 2.38 bits per heavy atom. The second-order valence-electron chi connectivity index (χ2n) is 5.64. The Balaban J connectivity index is 3.12. The monoisotopic (exact) mass is 293 g/mol. The van der Waals surface area contributed by atoms with E-state index in [-0.39, 0.29) is 6.61 Å². The van der Waals surface area contributed by atoms with Crippen molar-refractivity contribution in [1.82, 2.24) is 4.90 Å². The highest BCUT2D eigenvalue weighted by Gasteiger charge is 2.41. The quantitative estimate of drug-likeness (QED) is 0.747. The third kappa shape index (κ3) is 3.97. The molecule has 0 aromatic carbocycles. The molecule has 0 aromatic rings. The van der Waals surface area contributed by atoms with E-state index in [1.165, 1.54) is 11.0 Å². The molecule has 0 spiro atoms. The van der Waals surface area contributed by atoms with E-state index in [1.807, 2.05) is 0 Å². The molecule has 1 unspecified atom stereocenters. The van der Waals surface area contributed by atoms with Gasteiger partial charge in [0.25, 0.3) is 0 Å². The SMILES string of the molecule is C=CC1=C(C=C)N(C(=O)OC(C)(C)C)C(C(=O)OCC)C1. The zero-order valence-corrected chi connectivity index (χ0v) is 13.1. The summed E-state index contributed by atoms with van der Waals surface area (Å²) >= 11 is 0. The average molecular weight is 293 g/mol. The molecule has 1 aliphatic heterocycles. The van der Waals surface area contributed by atoms with E-state index in [4.69, 9.17) is 9.47 Å². The molecule has 0 radical (unpaired) electrons. The summed E-state index contributed by atoms with van der Waals surface area (Å²) in [5, 5.41) is 0. The molecule has 0 saturated carbocycles. The van der Waals surface area contributed by atoms with Gasteiger partial charge in [-0.15, -0.1) is 0 Å². The van der Waals surface area contributed by atoms with Gasteiger partial charge in [-0.05, 0) is 39.3 Å². The molecule has 1 heterocycles. The topological polar surface area (TPSA) is 55.8 Å². The molecular weight excluding hydrogens is 270 g/mol. The number of hydrogen-bond acceptors (Lipinski definition) is 4. The smallest absolute Gasteiger partial charge is 0.415 e. The van der Waals surface area contributed by atoms with Crippen molar-refractivity contribution in [2.75, 3.05) is 6.61 Å². The van der Waals surface area contributed by atoms with Crippen LogP contribution in [0.4, 0.5) is 4.79 Å². The first-order valence-corrected chi connectivity index (χ1v) is 6.92. The van der Waals surface area contributed by atoms with Crippen molar-refractivity contribution in [3.8, 4) is 0 Å². The number of rotatable bonds is 4. The van der Waals surface area contributed by atoms with Crippen LogP contribution < -0.4 is 0 Å². The Bertz CT molecular complexity index is 485. The van der Waals surface area contributed by atoms with Crippen LogP contribution in [0.15, 0.2) is 36.6 Å². The summed E-state index contributed by atoms with van der Waals surface area (Å²) < 4.78 is 10.4. The molecule has 0 fully saturated rings. The van der Waals surface area contributed by atoms with Crippen molar-refractivity contribution in [3.63, 3.8) is 0 Å². The standard InChI is InChI=1S/C16H23NO4/c1-7-11-10-13(14(18)20-9-3)17(12(11)8-2)15(19)21-16(4,5)6/h7-8,13H,1-2,9-10H2,3-6H3. The summed E-state index contributed by atoms with van der Waals surface area (Å²) in [4.78, 5) is 25.8. The Hall–Kier alpha value is -2.04. The van der Waals surface area contributed by atoms with Crippen LogP contribution in [0.25, 0.3) is 0 Å². The molecule has 116 valence electrons. The molecule has 1 aliphatic rings. The number of allylic oxidation sites excluding steroid dienone is 2. The fourth-order valence-electron chi connectivity index (χ4n) is 2.11. The second-order valence-corrected chi connectivity index (χ2v) is 5.64. The van der Waals surface area contributed by atoms with Crippen LogP contribution in [-0.2, 0) is 14.3 Å². The van der Waals surface area contributed by atoms with Gasteiger partial charge in [-0.3, -0.25) is 4.90 Å². The van der Waals surface area contributed by atoms with Gasteiger partial charge in [0.05, 0.1) is 12.3 Å². The van der Waals surface area contributed by atoms with E-state index in [0.29, 0.717) is 12.1 Å². The maximum absolute atomic E-state index is 12.4. The molecule has 0 aromatic heterocycles. The Morgan fingerprint density at radius 2 is 1.95 bits per heavy atom. The van der Waals surface area contributed by atoms with Crippen LogP contribution >= 0.6 is 0 Å². The lowest BCUT2D eigenvalue weighted by atomic mass is 10.1. The third-order valence-electron chi connectivity index (χ3n) is 2.90. The predicted octanol–water partition coefficient (Wildman–Crippen LogP) is 3.19. The van der Waals surface area contributed by atoms with Crippen molar-refractivity contribution in [2.45, 2.75) is 45.8 Å². The van der Waals surface area contributed by atoms with Crippen LogP contribution in [-0.4, -0.2) is 35.2 Å². The number of amides is 1. The summed E-state index contributed by atoms with van der Waals surface area (Å²) in [5.41, 5.74) is 0.658. The number of ether oxygens (including phenoxy) is 2. The predicted molar refractivity (Wildman–Crippen MR) is 80.5 cm³/mol. The summed E-state index contributed by atoms with van der Waals surface area (Å²) in [6.07, 6.45) is 2.91. The van der Waals surface area contributed by atoms with Crippen LogP contribution in [0.2, 0.25) is 0 Å². The van der Waals surface area contributed by atoms with Gasteiger partial charge in [-0.1, -0.05) is 19.2 Å². The van der Waals surface area contributed by atoms with Gasteiger partial charge in [-0.2, -0.15) is 0 Å². The van der Waals surface area contributed by atoms with Crippen LogP contribution in [0.1, 0.15) is 34.1 Å². The minimum Gasteiger partial charge on any atom is -0.464 e. The van der Waals surface area contributed by atoms with Crippen molar-refractivity contribution < 1.29 is 19.1 Å². The molecule has 5 heteroatoms. The lowest BCUT2D eigenvalue weighted by Gasteiger charge is -2.28. The van der Waals surface area contributed by atoms with Crippen LogP contribution in [0, 0.1) is 0 Å². The van der Waals surface area contributed by atoms with Gasteiger partial charge < -0.3 is 9.47 Å². The number of nitrogens with zero attached hydrogens (tertiary/aromatic N) is 1.